The summed E-state index contributed by atoms with van der Waals surface area (Å²) < 4.78 is 11.0. The van der Waals surface area contributed by atoms with Gasteiger partial charge in [-0.2, -0.15) is 0 Å². The smallest absolute Gasteiger partial charge is 0.270 e. The molecule has 1 saturated heterocycles. The molecule has 1 saturated carbocycles. The van der Waals surface area contributed by atoms with Crippen LogP contribution >= 0.6 is 23.2 Å². The molecule has 2 amide bonds. The number of pyridine rings is 1. The van der Waals surface area contributed by atoms with Crippen LogP contribution in [0.4, 0.5) is 0 Å². The van der Waals surface area contributed by atoms with E-state index >= 15 is 0 Å². The van der Waals surface area contributed by atoms with Gasteiger partial charge in [-0.25, -0.2) is 4.98 Å². The van der Waals surface area contributed by atoms with Crippen molar-refractivity contribution in [3.05, 3.63) is 51.6 Å². The van der Waals surface area contributed by atoms with Crippen molar-refractivity contribution >= 4 is 35.0 Å². The highest BCUT2D eigenvalue weighted by Crippen LogP contribution is 2.43. The predicted octanol–water partition coefficient (Wildman–Crippen LogP) is 3.73. The van der Waals surface area contributed by atoms with E-state index in [2.05, 4.69) is 10.3 Å². The molecule has 2 aromatic rings. The van der Waals surface area contributed by atoms with Crippen LogP contribution in [-0.4, -0.2) is 53.0 Å². The number of halogens is 2. The van der Waals surface area contributed by atoms with Gasteiger partial charge in [-0.05, 0) is 49.9 Å². The Bertz CT molecular complexity index is 1040. The van der Waals surface area contributed by atoms with Crippen LogP contribution in [0, 0.1) is 0 Å². The summed E-state index contributed by atoms with van der Waals surface area (Å²) in [5, 5.41) is 3.85. The molecule has 0 spiro atoms. The molecule has 2 fully saturated rings. The largest absolute Gasteiger partial charge is 0.484 e. The summed E-state index contributed by atoms with van der Waals surface area (Å²) in [5.74, 6) is 0.384. The van der Waals surface area contributed by atoms with Crippen molar-refractivity contribution in [1.29, 1.82) is 0 Å². The van der Waals surface area contributed by atoms with Crippen molar-refractivity contribution < 1.29 is 19.1 Å². The average Bonchev–Trinajstić information content (AvgIpc) is 3.31. The number of likely N-dealkylation sites (tertiary alicyclic amines) is 1. The van der Waals surface area contributed by atoms with Crippen molar-refractivity contribution in [3.63, 3.8) is 0 Å². The number of hydrogen-bond donors (Lipinski definition) is 1. The molecule has 9 heteroatoms. The zero-order valence-corrected chi connectivity index (χ0v) is 18.2. The van der Waals surface area contributed by atoms with Gasteiger partial charge in [0, 0.05) is 6.54 Å². The Morgan fingerprint density at radius 3 is 2.68 bits per heavy atom. The fraction of sp³-hybridized carbons (Fsp3) is 0.409. The molecule has 7 nitrogen and oxygen atoms in total. The number of ether oxygens (including phenoxy) is 2. The van der Waals surface area contributed by atoms with Gasteiger partial charge < -0.3 is 19.7 Å². The van der Waals surface area contributed by atoms with Gasteiger partial charge in [-0.1, -0.05) is 29.3 Å². The lowest BCUT2D eigenvalue weighted by atomic mass is 9.92. The van der Waals surface area contributed by atoms with Crippen LogP contribution in [0.2, 0.25) is 10.0 Å². The number of carbonyl (C=O) groups excluding carboxylic acids is 2. The monoisotopic (exact) mass is 461 g/mol. The molecule has 1 aliphatic carbocycles. The molecule has 2 atom stereocenters. The number of benzene rings is 1. The number of fused-ring (bicyclic) bond motifs is 2. The summed E-state index contributed by atoms with van der Waals surface area (Å²) in [6, 6.07) is 8.25. The van der Waals surface area contributed by atoms with E-state index in [0.29, 0.717) is 53.4 Å². The Labute approximate surface area is 189 Å². The van der Waals surface area contributed by atoms with Crippen LogP contribution in [0.5, 0.6) is 11.6 Å². The highest BCUT2D eigenvalue weighted by atomic mass is 35.5. The maximum atomic E-state index is 13.3. The zero-order valence-electron chi connectivity index (χ0n) is 16.7. The molecule has 0 radical (unpaired) electrons. The van der Waals surface area contributed by atoms with E-state index in [9.17, 15) is 9.59 Å². The van der Waals surface area contributed by atoms with E-state index in [0.717, 1.165) is 19.3 Å². The first-order valence-electron chi connectivity index (χ1n) is 10.3. The molecule has 3 aliphatic rings. The van der Waals surface area contributed by atoms with Crippen LogP contribution < -0.4 is 14.8 Å². The van der Waals surface area contributed by atoms with Crippen LogP contribution in [0.3, 0.4) is 0 Å². The van der Waals surface area contributed by atoms with E-state index in [4.69, 9.17) is 32.7 Å². The zero-order chi connectivity index (χ0) is 21.6. The Morgan fingerprint density at radius 2 is 1.87 bits per heavy atom. The number of carbonyl (C=O) groups is 2. The molecule has 162 valence electrons. The first-order valence-corrected chi connectivity index (χ1v) is 11.1. The van der Waals surface area contributed by atoms with Crippen LogP contribution in [0.25, 0.3) is 0 Å². The standard InChI is InChI=1S/C22H21Cl2N3O4/c23-13-3-1-4-14(24)18(13)21(29)27-10-9-22(8-2-5-17(22)27)26-19(28)15-6-7-16-20(25-15)31-12-11-30-16/h1,3-4,6-7,17H,2,5,8-12H2,(H,26,28). The topological polar surface area (TPSA) is 80.8 Å². The summed E-state index contributed by atoms with van der Waals surface area (Å²) in [5.41, 5.74) is 0.0895. The van der Waals surface area contributed by atoms with E-state index < -0.39 is 5.54 Å². The molecule has 0 bridgehead atoms. The average molecular weight is 462 g/mol. The first kappa shape index (κ1) is 20.4. The second kappa shape index (κ2) is 7.88. The molecule has 1 aromatic carbocycles. The Morgan fingerprint density at radius 1 is 1.10 bits per heavy atom. The number of aromatic nitrogens is 1. The molecule has 1 aromatic heterocycles. The van der Waals surface area contributed by atoms with Crippen molar-refractivity contribution in [2.75, 3.05) is 19.8 Å². The normalized spacial score (nSPS) is 24.1. The molecular formula is C22H21Cl2N3O4. The predicted molar refractivity (Wildman–Crippen MR) is 115 cm³/mol. The van der Waals surface area contributed by atoms with E-state index in [1.807, 2.05) is 0 Å². The highest BCUT2D eigenvalue weighted by Gasteiger charge is 2.53. The van der Waals surface area contributed by atoms with E-state index in [-0.39, 0.29) is 23.6 Å². The maximum absolute atomic E-state index is 13.3. The molecule has 1 N–H and O–H groups in total. The van der Waals surface area contributed by atoms with Gasteiger partial charge in [0.25, 0.3) is 17.7 Å². The summed E-state index contributed by atoms with van der Waals surface area (Å²) >= 11 is 12.5. The van der Waals surface area contributed by atoms with Gasteiger partial charge in [0.2, 0.25) is 0 Å². The third-order valence-electron chi connectivity index (χ3n) is 6.35. The molecule has 3 heterocycles. The van der Waals surface area contributed by atoms with Gasteiger partial charge in [-0.3, -0.25) is 9.59 Å². The Balaban J connectivity index is 1.38. The quantitative estimate of drug-likeness (QED) is 0.752. The summed E-state index contributed by atoms with van der Waals surface area (Å²) in [6.45, 7) is 1.39. The minimum absolute atomic E-state index is 0.117. The van der Waals surface area contributed by atoms with Crippen molar-refractivity contribution in [3.8, 4) is 11.6 Å². The fourth-order valence-electron chi connectivity index (χ4n) is 4.92. The second-order valence-corrected chi connectivity index (χ2v) is 8.87. The number of rotatable bonds is 3. The van der Waals surface area contributed by atoms with Gasteiger partial charge >= 0.3 is 0 Å². The fourth-order valence-corrected chi connectivity index (χ4v) is 5.48. The number of hydrogen-bond acceptors (Lipinski definition) is 5. The number of amides is 2. The highest BCUT2D eigenvalue weighted by molar-refractivity contribution is 6.39. The molecule has 5 rings (SSSR count). The number of nitrogens with one attached hydrogen (secondary N) is 1. The SMILES string of the molecule is O=C(NC12CCCC1N(C(=O)c1c(Cl)cccc1Cl)CC2)c1ccc2c(n1)OCCO2. The molecule has 31 heavy (non-hydrogen) atoms. The molecule has 2 aliphatic heterocycles. The minimum atomic E-state index is -0.491. The van der Waals surface area contributed by atoms with Gasteiger partial charge in [0.05, 0.1) is 27.2 Å². The van der Waals surface area contributed by atoms with Gasteiger partial charge in [0.15, 0.2) is 5.75 Å². The van der Waals surface area contributed by atoms with Crippen molar-refractivity contribution in [2.24, 2.45) is 0 Å². The Hall–Kier alpha value is -2.51. The lowest BCUT2D eigenvalue weighted by molar-refractivity contribution is 0.0694. The van der Waals surface area contributed by atoms with Gasteiger partial charge in [-0.15, -0.1) is 0 Å². The van der Waals surface area contributed by atoms with Crippen LogP contribution in [0.15, 0.2) is 30.3 Å². The molecular weight excluding hydrogens is 441 g/mol. The lowest BCUT2D eigenvalue weighted by Crippen LogP contribution is -2.54. The van der Waals surface area contributed by atoms with E-state index in [1.165, 1.54) is 0 Å². The maximum Gasteiger partial charge on any atom is 0.270 e. The number of nitrogens with zero attached hydrogens (tertiary/aromatic N) is 2. The molecule has 2 unspecified atom stereocenters. The van der Waals surface area contributed by atoms with Crippen LogP contribution in [-0.2, 0) is 0 Å². The van der Waals surface area contributed by atoms with Crippen molar-refractivity contribution in [2.45, 2.75) is 37.3 Å². The Kier molecular flexibility index (Phi) is 5.18. The third kappa shape index (κ3) is 3.49. The summed E-state index contributed by atoms with van der Waals surface area (Å²) in [7, 11) is 0. The minimum Gasteiger partial charge on any atom is -0.484 e. The van der Waals surface area contributed by atoms with Crippen molar-refractivity contribution in [1.82, 2.24) is 15.2 Å². The van der Waals surface area contributed by atoms with Gasteiger partial charge in [0.1, 0.15) is 18.9 Å². The second-order valence-electron chi connectivity index (χ2n) is 8.06. The third-order valence-corrected chi connectivity index (χ3v) is 6.98. The van der Waals surface area contributed by atoms with E-state index in [1.54, 1.807) is 35.2 Å². The summed E-state index contributed by atoms with van der Waals surface area (Å²) in [4.78, 5) is 32.5. The summed E-state index contributed by atoms with van der Waals surface area (Å²) in [6.07, 6.45) is 3.19. The lowest BCUT2D eigenvalue weighted by Gasteiger charge is -2.33. The van der Waals surface area contributed by atoms with Crippen LogP contribution in [0.1, 0.15) is 46.5 Å². The first-order chi connectivity index (χ1) is 15.0.